The lowest BCUT2D eigenvalue weighted by Gasteiger charge is -2.12. The number of ether oxygens (including phenoxy) is 1. The maximum absolute atomic E-state index is 5.43. The molecule has 1 atom stereocenters. The monoisotopic (exact) mass is 207 g/mol. The summed E-state index contributed by atoms with van der Waals surface area (Å²) in [6.45, 7) is 9.58. The molecule has 15 heavy (non-hydrogen) atoms. The van der Waals surface area contributed by atoms with E-state index in [1.165, 1.54) is 0 Å². The molecule has 1 rings (SSSR count). The fourth-order valence-corrected chi connectivity index (χ4v) is 1.01. The van der Waals surface area contributed by atoms with Crippen LogP contribution < -0.4 is 10.1 Å². The average Bonchev–Trinajstić information content (AvgIpc) is 2.17. The summed E-state index contributed by atoms with van der Waals surface area (Å²) in [6, 6.07) is 0.161. The molecule has 0 aliphatic heterocycles. The van der Waals surface area contributed by atoms with E-state index in [0.29, 0.717) is 11.7 Å². The van der Waals surface area contributed by atoms with Crippen LogP contribution in [0.4, 0.5) is 5.82 Å². The first-order valence-corrected chi connectivity index (χ1v) is 4.99. The van der Waals surface area contributed by atoms with Crippen LogP contribution in [0.25, 0.3) is 0 Å². The third-order valence-electron chi connectivity index (χ3n) is 1.70. The molecule has 0 bridgehead atoms. The van der Waals surface area contributed by atoms with Gasteiger partial charge in [-0.15, -0.1) is 6.58 Å². The third-order valence-corrected chi connectivity index (χ3v) is 1.70. The Morgan fingerprint density at radius 2 is 2.13 bits per heavy atom. The van der Waals surface area contributed by atoms with E-state index in [-0.39, 0.29) is 12.1 Å². The van der Waals surface area contributed by atoms with E-state index in [2.05, 4.69) is 21.9 Å². The second kappa shape index (κ2) is 5.34. The first-order chi connectivity index (χ1) is 7.11. The van der Waals surface area contributed by atoms with Gasteiger partial charge in [0.05, 0.1) is 18.5 Å². The predicted octanol–water partition coefficient (Wildman–Crippen LogP) is 2.25. The average molecular weight is 207 g/mol. The van der Waals surface area contributed by atoms with Crippen LogP contribution in [0.5, 0.6) is 5.88 Å². The van der Waals surface area contributed by atoms with E-state index < -0.39 is 0 Å². The molecule has 1 N–H and O–H groups in total. The van der Waals surface area contributed by atoms with Gasteiger partial charge in [-0.05, 0) is 20.8 Å². The standard InChI is InChI=1S/C11H17N3O/c1-5-9(4)13-10-6-12-7-11(14-10)15-8(2)3/h5-9H,1H2,2-4H3,(H,13,14). The summed E-state index contributed by atoms with van der Waals surface area (Å²) < 4.78 is 5.43. The van der Waals surface area contributed by atoms with Gasteiger partial charge in [0.25, 0.3) is 0 Å². The van der Waals surface area contributed by atoms with Crippen molar-refractivity contribution < 1.29 is 4.74 Å². The molecule has 1 aromatic heterocycles. The Balaban J connectivity index is 2.69. The molecule has 1 heterocycles. The summed E-state index contributed by atoms with van der Waals surface area (Å²) in [5.74, 6) is 1.23. The van der Waals surface area contributed by atoms with E-state index in [1.807, 2.05) is 20.8 Å². The number of rotatable bonds is 5. The van der Waals surface area contributed by atoms with Gasteiger partial charge >= 0.3 is 0 Å². The van der Waals surface area contributed by atoms with E-state index >= 15 is 0 Å². The number of nitrogens with one attached hydrogen (secondary N) is 1. The SMILES string of the molecule is C=CC(C)Nc1cncc(OC(C)C)n1. The molecule has 1 aromatic rings. The van der Waals surface area contributed by atoms with Gasteiger partial charge in [-0.25, -0.2) is 0 Å². The van der Waals surface area contributed by atoms with Crippen LogP contribution in [-0.2, 0) is 0 Å². The molecule has 0 aliphatic rings. The molecule has 0 fully saturated rings. The summed E-state index contributed by atoms with van der Waals surface area (Å²) in [5.41, 5.74) is 0. The zero-order valence-electron chi connectivity index (χ0n) is 9.40. The Morgan fingerprint density at radius 1 is 1.40 bits per heavy atom. The molecule has 0 spiro atoms. The zero-order valence-corrected chi connectivity index (χ0v) is 9.40. The summed E-state index contributed by atoms with van der Waals surface area (Å²) >= 11 is 0. The minimum Gasteiger partial charge on any atom is -0.474 e. The van der Waals surface area contributed by atoms with Crippen LogP contribution in [0.2, 0.25) is 0 Å². The maximum atomic E-state index is 5.43. The van der Waals surface area contributed by atoms with Crippen molar-refractivity contribution in [3.8, 4) is 5.88 Å². The molecule has 0 radical (unpaired) electrons. The number of nitrogens with zero attached hydrogens (tertiary/aromatic N) is 2. The molecule has 1 unspecified atom stereocenters. The number of hydrogen-bond acceptors (Lipinski definition) is 4. The van der Waals surface area contributed by atoms with Gasteiger partial charge in [0, 0.05) is 6.04 Å². The van der Waals surface area contributed by atoms with Crippen LogP contribution >= 0.6 is 0 Å². The van der Waals surface area contributed by atoms with Gasteiger partial charge < -0.3 is 10.1 Å². The lowest BCUT2D eigenvalue weighted by Crippen LogP contribution is -2.14. The summed E-state index contributed by atoms with van der Waals surface area (Å²) in [6.07, 6.45) is 5.17. The van der Waals surface area contributed by atoms with Gasteiger partial charge in [-0.1, -0.05) is 6.08 Å². The molecule has 0 aromatic carbocycles. The van der Waals surface area contributed by atoms with E-state index in [4.69, 9.17) is 4.74 Å². The predicted molar refractivity (Wildman–Crippen MR) is 61.1 cm³/mol. The Hall–Kier alpha value is -1.58. The fraction of sp³-hybridized carbons (Fsp3) is 0.455. The van der Waals surface area contributed by atoms with Crippen LogP contribution in [0.15, 0.2) is 25.0 Å². The van der Waals surface area contributed by atoms with E-state index in [9.17, 15) is 0 Å². The Bertz CT molecular complexity index is 325. The van der Waals surface area contributed by atoms with Crippen LogP contribution in [0, 0.1) is 0 Å². The lowest BCUT2D eigenvalue weighted by atomic mass is 10.3. The molecule has 0 saturated carbocycles. The molecule has 4 nitrogen and oxygen atoms in total. The highest BCUT2D eigenvalue weighted by atomic mass is 16.5. The van der Waals surface area contributed by atoms with Crippen LogP contribution in [0.3, 0.4) is 0 Å². The highest BCUT2D eigenvalue weighted by Gasteiger charge is 2.03. The van der Waals surface area contributed by atoms with Crippen molar-refractivity contribution in [2.45, 2.75) is 32.9 Å². The van der Waals surface area contributed by atoms with Gasteiger partial charge in [0.2, 0.25) is 5.88 Å². The van der Waals surface area contributed by atoms with Crippen molar-refractivity contribution in [3.63, 3.8) is 0 Å². The van der Waals surface area contributed by atoms with Gasteiger partial charge in [-0.3, -0.25) is 4.98 Å². The van der Waals surface area contributed by atoms with Crippen LogP contribution in [-0.4, -0.2) is 22.1 Å². The second-order valence-electron chi connectivity index (χ2n) is 3.58. The maximum Gasteiger partial charge on any atom is 0.234 e. The lowest BCUT2D eigenvalue weighted by molar-refractivity contribution is 0.232. The number of anilines is 1. The highest BCUT2D eigenvalue weighted by Crippen LogP contribution is 2.11. The highest BCUT2D eigenvalue weighted by molar-refractivity contribution is 5.35. The third kappa shape index (κ3) is 3.97. The number of aromatic nitrogens is 2. The van der Waals surface area contributed by atoms with Gasteiger partial charge in [0.1, 0.15) is 5.82 Å². The van der Waals surface area contributed by atoms with Crippen molar-refractivity contribution in [2.75, 3.05) is 5.32 Å². The molecule has 82 valence electrons. The molecule has 4 heteroatoms. The summed E-state index contributed by atoms with van der Waals surface area (Å²) in [4.78, 5) is 8.30. The smallest absolute Gasteiger partial charge is 0.234 e. The first-order valence-electron chi connectivity index (χ1n) is 4.99. The fourth-order valence-electron chi connectivity index (χ4n) is 1.01. The normalized spacial score (nSPS) is 12.3. The molecule has 0 aliphatic carbocycles. The number of hydrogen-bond donors (Lipinski definition) is 1. The van der Waals surface area contributed by atoms with Crippen LogP contribution in [0.1, 0.15) is 20.8 Å². The quantitative estimate of drug-likeness (QED) is 0.752. The molecule has 0 amide bonds. The zero-order chi connectivity index (χ0) is 11.3. The topological polar surface area (TPSA) is 47.0 Å². The van der Waals surface area contributed by atoms with Crippen molar-refractivity contribution in [2.24, 2.45) is 0 Å². The molecular formula is C11H17N3O. The summed E-state index contributed by atoms with van der Waals surface area (Å²) in [7, 11) is 0. The Kier molecular flexibility index (Phi) is 4.09. The van der Waals surface area contributed by atoms with Gasteiger partial charge in [0.15, 0.2) is 0 Å². The van der Waals surface area contributed by atoms with Crippen molar-refractivity contribution in [3.05, 3.63) is 25.0 Å². The van der Waals surface area contributed by atoms with E-state index in [0.717, 1.165) is 0 Å². The Morgan fingerprint density at radius 3 is 2.73 bits per heavy atom. The second-order valence-corrected chi connectivity index (χ2v) is 3.58. The Labute approximate surface area is 90.4 Å². The summed E-state index contributed by atoms with van der Waals surface area (Å²) in [5, 5.41) is 3.13. The minimum absolute atomic E-state index is 0.103. The van der Waals surface area contributed by atoms with E-state index in [1.54, 1.807) is 18.5 Å². The molecule has 0 saturated heterocycles. The minimum atomic E-state index is 0.103. The van der Waals surface area contributed by atoms with Gasteiger partial charge in [-0.2, -0.15) is 4.98 Å². The van der Waals surface area contributed by atoms with Crippen molar-refractivity contribution in [1.29, 1.82) is 0 Å². The van der Waals surface area contributed by atoms with Crippen molar-refractivity contribution in [1.82, 2.24) is 9.97 Å². The largest absolute Gasteiger partial charge is 0.474 e. The first kappa shape index (κ1) is 11.5. The van der Waals surface area contributed by atoms with Crippen molar-refractivity contribution >= 4 is 5.82 Å². The molecular weight excluding hydrogens is 190 g/mol.